The summed E-state index contributed by atoms with van der Waals surface area (Å²) >= 11 is 11.9. The molecule has 1 aliphatic carbocycles. The van der Waals surface area contributed by atoms with Crippen molar-refractivity contribution in [2.75, 3.05) is 10.8 Å². The molecule has 1 aromatic heterocycles. The summed E-state index contributed by atoms with van der Waals surface area (Å²) in [5, 5.41) is 5.42. The molecule has 0 bridgehead atoms. The van der Waals surface area contributed by atoms with Crippen LogP contribution in [0.5, 0.6) is 0 Å². The van der Waals surface area contributed by atoms with Crippen LogP contribution in [0.4, 0.5) is 0 Å². The zero-order valence-corrected chi connectivity index (χ0v) is 11.9. The van der Waals surface area contributed by atoms with Crippen LogP contribution < -0.4 is 4.31 Å². The van der Waals surface area contributed by atoms with Crippen molar-refractivity contribution in [1.82, 2.24) is 13.9 Å². The van der Waals surface area contributed by atoms with Gasteiger partial charge in [0, 0.05) is 0 Å². The number of nitrogens with zero attached hydrogens (tertiary/aromatic N) is 2. The maximum absolute atomic E-state index is 6.02. The Hall–Kier alpha value is -0.100. The van der Waals surface area contributed by atoms with Gasteiger partial charge in [0.15, 0.2) is 16.0 Å². The van der Waals surface area contributed by atoms with Crippen LogP contribution in [0, 0.1) is 5.92 Å². The summed E-state index contributed by atoms with van der Waals surface area (Å²) in [6.45, 7) is 1.15. The molecule has 1 aromatic rings. The van der Waals surface area contributed by atoms with Gasteiger partial charge < -0.3 is 0 Å². The average molecular weight is 296 g/mol. The summed E-state index contributed by atoms with van der Waals surface area (Å²) in [6, 6.07) is 0.712. The smallest absolute Gasteiger partial charge is 0.222 e. The van der Waals surface area contributed by atoms with E-state index in [0.717, 1.165) is 12.5 Å². The molecule has 7 heteroatoms. The summed E-state index contributed by atoms with van der Waals surface area (Å²) in [6.07, 6.45) is 6.78. The van der Waals surface area contributed by atoms with E-state index in [2.05, 4.69) is 13.9 Å². The van der Waals surface area contributed by atoms with Gasteiger partial charge in [0.25, 0.3) is 0 Å². The van der Waals surface area contributed by atoms with Crippen LogP contribution in [0.3, 0.4) is 0 Å². The van der Waals surface area contributed by atoms with Crippen LogP contribution in [0.15, 0.2) is 5.38 Å². The number of rotatable bonds is 1. The zero-order chi connectivity index (χ0) is 11.8. The molecular weight excluding hydrogens is 279 g/mol. The minimum Gasteiger partial charge on any atom is -0.250 e. The Bertz CT molecular complexity index is 411. The monoisotopic (exact) mass is 295 g/mol. The first kappa shape index (κ1) is 12.0. The van der Waals surface area contributed by atoms with Crippen LogP contribution in [0.1, 0.15) is 32.1 Å². The second-order valence-corrected chi connectivity index (χ2v) is 7.07. The highest BCUT2D eigenvalue weighted by molar-refractivity contribution is 7.26. The Labute approximate surface area is 114 Å². The maximum atomic E-state index is 6.02. The minimum atomic E-state index is -0.178. The Kier molecular flexibility index (Phi) is 3.43. The Morgan fingerprint density at radius 3 is 2.94 bits per heavy atom. The molecule has 4 nitrogen and oxygen atoms in total. The molecule has 2 fully saturated rings. The molecule has 2 heterocycles. The number of nitrogens with one attached hydrogen (secondary N) is 2. The first-order valence-corrected chi connectivity index (χ1v) is 8.06. The lowest BCUT2D eigenvalue weighted by atomic mass is 9.86. The fourth-order valence-electron chi connectivity index (χ4n) is 3.08. The van der Waals surface area contributed by atoms with Gasteiger partial charge in [-0.25, -0.2) is 5.10 Å². The van der Waals surface area contributed by atoms with E-state index in [0.29, 0.717) is 11.2 Å². The number of hydrogen-bond donors (Lipinski definition) is 2. The van der Waals surface area contributed by atoms with Crippen molar-refractivity contribution in [1.29, 1.82) is 0 Å². The molecule has 3 unspecified atom stereocenters. The summed E-state index contributed by atoms with van der Waals surface area (Å²) in [5.41, 5.74) is 0. The largest absolute Gasteiger partial charge is 0.250 e. The summed E-state index contributed by atoms with van der Waals surface area (Å²) in [7, 11) is -0.178. The van der Waals surface area contributed by atoms with Crippen LogP contribution in [-0.2, 0) is 0 Å². The molecular formula is C10H17Cl2N4S+. The van der Waals surface area contributed by atoms with Crippen molar-refractivity contribution in [2.45, 2.75) is 38.1 Å². The van der Waals surface area contributed by atoms with Gasteiger partial charge in [-0.05, 0) is 25.2 Å². The van der Waals surface area contributed by atoms with Crippen molar-refractivity contribution in [3.05, 3.63) is 10.5 Å². The van der Waals surface area contributed by atoms with E-state index in [9.17, 15) is 0 Å². The topological polar surface area (TPSA) is 39.8 Å². The highest BCUT2D eigenvalue weighted by Crippen LogP contribution is 2.39. The van der Waals surface area contributed by atoms with Gasteiger partial charge in [0.05, 0.1) is 24.4 Å². The van der Waals surface area contributed by atoms with Crippen molar-refractivity contribution in [3.63, 3.8) is 0 Å². The number of hydrogen-bond acceptors (Lipinski definition) is 1. The molecule has 2 aliphatic rings. The normalized spacial score (nSPS) is 30.4. The van der Waals surface area contributed by atoms with E-state index < -0.39 is 0 Å². The van der Waals surface area contributed by atoms with Crippen LogP contribution in [0.2, 0.25) is 5.15 Å². The summed E-state index contributed by atoms with van der Waals surface area (Å²) in [5.74, 6) is 0.879. The summed E-state index contributed by atoms with van der Waals surface area (Å²) in [4.78, 5) is 0. The first-order chi connectivity index (χ1) is 8.24. The third-order valence-electron chi connectivity index (χ3n) is 3.81. The Morgan fingerprint density at radius 2 is 2.12 bits per heavy atom. The maximum Gasteiger partial charge on any atom is 0.222 e. The lowest BCUT2D eigenvalue weighted by Crippen LogP contribution is -2.34. The lowest BCUT2D eigenvalue weighted by Gasteiger charge is -2.26. The Balaban J connectivity index is 1.88. The molecule has 96 valence electrons. The number of aromatic amines is 2. The third kappa shape index (κ3) is 2.38. The quantitative estimate of drug-likeness (QED) is 0.764. The second kappa shape index (κ2) is 4.88. The fourth-order valence-corrected chi connectivity index (χ4v) is 5.38. The molecule has 0 spiro atoms. The molecule has 2 N–H and O–H groups in total. The van der Waals surface area contributed by atoms with E-state index in [-0.39, 0.29) is 10.9 Å². The predicted molar refractivity (Wildman–Crippen MR) is 72.9 cm³/mol. The molecule has 3 atom stereocenters. The van der Waals surface area contributed by atoms with Gasteiger partial charge in [0.1, 0.15) is 0 Å². The highest BCUT2D eigenvalue weighted by atomic mass is 35.5. The SMILES string of the molecule is Clc1c[s+](N2CCC3CCCCC32)[nH]n(Cl)[nH]1. The van der Waals surface area contributed by atoms with E-state index >= 15 is 0 Å². The van der Waals surface area contributed by atoms with Gasteiger partial charge in [-0.2, -0.15) is 0 Å². The molecule has 17 heavy (non-hydrogen) atoms. The lowest BCUT2D eigenvalue weighted by molar-refractivity contribution is 0.346. The molecule has 0 radical (unpaired) electrons. The van der Waals surface area contributed by atoms with Crippen LogP contribution in [-0.4, -0.2) is 26.5 Å². The van der Waals surface area contributed by atoms with Crippen molar-refractivity contribution in [2.24, 2.45) is 5.92 Å². The van der Waals surface area contributed by atoms with Crippen LogP contribution in [0.25, 0.3) is 0 Å². The molecule has 3 rings (SSSR count). The number of halogens is 2. The van der Waals surface area contributed by atoms with Gasteiger partial charge in [-0.15, -0.1) is 0 Å². The number of fused-ring (bicyclic) bond motifs is 1. The van der Waals surface area contributed by atoms with Gasteiger partial charge in [-0.1, -0.05) is 37.6 Å². The summed E-state index contributed by atoms with van der Waals surface area (Å²) < 4.78 is 7.07. The van der Waals surface area contributed by atoms with Crippen molar-refractivity contribution >= 4 is 34.2 Å². The average Bonchev–Trinajstić information content (AvgIpc) is 2.71. The van der Waals surface area contributed by atoms with E-state index in [4.69, 9.17) is 23.4 Å². The zero-order valence-electron chi connectivity index (χ0n) is 9.53. The minimum absolute atomic E-state index is 0.178. The third-order valence-corrected chi connectivity index (χ3v) is 6.19. The predicted octanol–water partition coefficient (Wildman–Crippen LogP) is 3.57. The molecule has 0 aromatic carbocycles. The Morgan fingerprint density at radius 1 is 1.29 bits per heavy atom. The molecule has 1 aliphatic heterocycles. The van der Waals surface area contributed by atoms with Crippen molar-refractivity contribution in [3.8, 4) is 0 Å². The van der Waals surface area contributed by atoms with E-state index in [1.54, 1.807) is 0 Å². The fraction of sp³-hybridized carbons (Fsp3) is 0.800. The van der Waals surface area contributed by atoms with Crippen molar-refractivity contribution < 1.29 is 0 Å². The number of aromatic nitrogens is 3. The van der Waals surface area contributed by atoms with E-state index in [1.165, 1.54) is 36.4 Å². The first-order valence-electron chi connectivity index (χ1n) is 6.10. The molecule has 1 saturated heterocycles. The standard InChI is InChI=1S/C10H16Cl2N4S/c11-10-7-17(14-16(12)13-10)15-6-5-8-3-1-2-4-9(8)15/h7-9,13H,1-6H2/p+1. The van der Waals surface area contributed by atoms with Gasteiger partial charge in [-0.3, -0.25) is 0 Å². The highest BCUT2D eigenvalue weighted by Gasteiger charge is 2.42. The molecule has 1 saturated carbocycles. The molecule has 0 amide bonds. The van der Waals surface area contributed by atoms with Crippen LogP contribution >= 0.6 is 34.2 Å². The van der Waals surface area contributed by atoms with Gasteiger partial charge in [0.2, 0.25) is 5.38 Å². The van der Waals surface area contributed by atoms with Gasteiger partial charge >= 0.3 is 0 Å². The number of H-pyrrole nitrogens is 2. The van der Waals surface area contributed by atoms with E-state index in [1.807, 2.05) is 5.38 Å². The second-order valence-electron chi connectivity index (χ2n) is 4.81.